The van der Waals surface area contributed by atoms with Gasteiger partial charge in [-0.05, 0) is 102 Å². The van der Waals surface area contributed by atoms with Crippen molar-refractivity contribution in [2.24, 2.45) is 0 Å². The zero-order chi connectivity index (χ0) is 34.5. The zero-order valence-electron chi connectivity index (χ0n) is 28.7. The third-order valence-electron chi connectivity index (χ3n) is 7.76. The van der Waals surface area contributed by atoms with Gasteiger partial charge in [0, 0.05) is 12.7 Å². The number of anilines is 1. The van der Waals surface area contributed by atoms with Crippen molar-refractivity contribution in [2.45, 2.75) is 115 Å². The maximum absolute atomic E-state index is 13.9. The standard InChI is InChI=1S/C36H48N4O6S/c1-8-9-20-36(21-22-36)28-18-16-27(17-19-28)24-39(47(43,44)31-15-10-11-23-37-31)25-29-13-12-14-30(38-29)40(33(42)46-35(5,6)7)26-32(41)45-34(2,3)4/h10-19,23H,8-9,20-22,24-26H2,1-7H3. The van der Waals surface area contributed by atoms with E-state index in [9.17, 15) is 18.0 Å². The maximum atomic E-state index is 13.9. The van der Waals surface area contributed by atoms with E-state index in [0.717, 1.165) is 16.9 Å². The van der Waals surface area contributed by atoms with Crippen LogP contribution in [-0.2, 0) is 42.8 Å². The second kappa shape index (κ2) is 14.5. The highest BCUT2D eigenvalue weighted by atomic mass is 32.2. The van der Waals surface area contributed by atoms with E-state index in [1.54, 1.807) is 71.9 Å². The van der Waals surface area contributed by atoms with Crippen LogP contribution < -0.4 is 4.90 Å². The van der Waals surface area contributed by atoms with Crippen LogP contribution in [0.15, 0.2) is 71.9 Å². The van der Waals surface area contributed by atoms with Crippen molar-refractivity contribution in [1.82, 2.24) is 14.3 Å². The molecule has 0 radical (unpaired) electrons. The normalized spacial score (nSPS) is 14.5. The van der Waals surface area contributed by atoms with E-state index in [0.29, 0.717) is 5.69 Å². The van der Waals surface area contributed by atoms with Crippen molar-refractivity contribution >= 4 is 27.9 Å². The molecule has 254 valence electrons. The van der Waals surface area contributed by atoms with Crippen LogP contribution in [0, 0.1) is 0 Å². The highest BCUT2D eigenvalue weighted by molar-refractivity contribution is 7.89. The van der Waals surface area contributed by atoms with Gasteiger partial charge in [0.15, 0.2) is 5.03 Å². The van der Waals surface area contributed by atoms with Crippen LogP contribution in [0.3, 0.4) is 0 Å². The number of pyridine rings is 2. The zero-order valence-corrected chi connectivity index (χ0v) is 29.5. The lowest BCUT2D eigenvalue weighted by Gasteiger charge is -2.28. The number of aromatic nitrogens is 2. The van der Waals surface area contributed by atoms with E-state index in [-0.39, 0.29) is 29.3 Å². The number of sulfonamides is 1. The number of rotatable bonds is 13. The fourth-order valence-electron chi connectivity index (χ4n) is 5.32. The third-order valence-corrected chi connectivity index (χ3v) is 9.47. The van der Waals surface area contributed by atoms with Gasteiger partial charge in [0.2, 0.25) is 0 Å². The molecule has 1 aliphatic carbocycles. The number of carbonyl (C=O) groups is 2. The number of nitrogens with zero attached hydrogens (tertiary/aromatic N) is 4. The summed E-state index contributed by atoms with van der Waals surface area (Å²) >= 11 is 0. The number of carbonyl (C=O) groups excluding carboxylic acids is 2. The van der Waals surface area contributed by atoms with Crippen LogP contribution in [0.5, 0.6) is 0 Å². The number of esters is 1. The summed E-state index contributed by atoms with van der Waals surface area (Å²) in [7, 11) is -4.05. The highest BCUT2D eigenvalue weighted by Gasteiger charge is 2.43. The van der Waals surface area contributed by atoms with Gasteiger partial charge < -0.3 is 9.47 Å². The van der Waals surface area contributed by atoms with Crippen LogP contribution >= 0.6 is 0 Å². The van der Waals surface area contributed by atoms with Crippen LogP contribution in [0.1, 0.15) is 97.4 Å². The van der Waals surface area contributed by atoms with Gasteiger partial charge in [0.25, 0.3) is 10.0 Å². The van der Waals surface area contributed by atoms with Gasteiger partial charge in [-0.3, -0.25) is 9.69 Å². The molecule has 2 aromatic heterocycles. The molecule has 1 saturated carbocycles. The molecule has 0 spiro atoms. The van der Waals surface area contributed by atoms with Crippen LogP contribution in [-0.4, -0.2) is 52.5 Å². The minimum Gasteiger partial charge on any atom is -0.459 e. The number of hydrogen-bond acceptors (Lipinski definition) is 8. The third kappa shape index (κ3) is 10.1. The minimum absolute atomic E-state index is 0.0791. The maximum Gasteiger partial charge on any atom is 0.416 e. The molecule has 1 aliphatic rings. The van der Waals surface area contributed by atoms with E-state index in [4.69, 9.17) is 9.47 Å². The van der Waals surface area contributed by atoms with Crippen molar-refractivity contribution in [1.29, 1.82) is 0 Å². The summed E-state index contributed by atoms with van der Waals surface area (Å²) in [6.07, 6.45) is 6.54. The molecule has 11 heteroatoms. The largest absolute Gasteiger partial charge is 0.459 e. The molecule has 47 heavy (non-hydrogen) atoms. The summed E-state index contributed by atoms with van der Waals surface area (Å²) in [6.45, 7) is 12.1. The van der Waals surface area contributed by atoms with E-state index < -0.39 is 39.8 Å². The summed E-state index contributed by atoms with van der Waals surface area (Å²) in [4.78, 5) is 36.0. The molecule has 0 bridgehead atoms. The Labute approximate surface area is 279 Å². The van der Waals surface area contributed by atoms with E-state index in [1.807, 2.05) is 12.1 Å². The lowest BCUT2D eigenvalue weighted by atomic mass is 9.90. The molecule has 4 rings (SSSR count). The first-order valence-electron chi connectivity index (χ1n) is 16.2. The van der Waals surface area contributed by atoms with E-state index in [2.05, 4.69) is 29.0 Å². The van der Waals surface area contributed by atoms with Gasteiger partial charge >= 0.3 is 12.1 Å². The fourth-order valence-corrected chi connectivity index (χ4v) is 6.65. The smallest absolute Gasteiger partial charge is 0.416 e. The van der Waals surface area contributed by atoms with Crippen LogP contribution in [0.2, 0.25) is 0 Å². The van der Waals surface area contributed by atoms with Crippen molar-refractivity contribution in [3.05, 3.63) is 83.7 Å². The first-order valence-corrected chi connectivity index (χ1v) is 17.6. The molecule has 0 unspecified atom stereocenters. The quantitative estimate of drug-likeness (QED) is 0.177. The first kappa shape index (κ1) is 36.0. The highest BCUT2D eigenvalue weighted by Crippen LogP contribution is 2.52. The molecule has 3 aromatic rings. The summed E-state index contributed by atoms with van der Waals surface area (Å²) in [5.74, 6) is -0.509. The summed E-state index contributed by atoms with van der Waals surface area (Å²) < 4.78 is 40.3. The Morgan fingerprint density at radius 3 is 2.13 bits per heavy atom. The summed E-state index contributed by atoms with van der Waals surface area (Å²) in [5, 5.41) is -0.0791. The topological polar surface area (TPSA) is 119 Å². The number of ether oxygens (including phenoxy) is 2. The van der Waals surface area contributed by atoms with Crippen LogP contribution in [0.25, 0.3) is 0 Å². The van der Waals surface area contributed by atoms with E-state index in [1.165, 1.54) is 47.8 Å². The number of benzene rings is 1. The average Bonchev–Trinajstić information content (AvgIpc) is 3.79. The van der Waals surface area contributed by atoms with Crippen molar-refractivity contribution in [3.63, 3.8) is 0 Å². The van der Waals surface area contributed by atoms with Gasteiger partial charge in [-0.15, -0.1) is 0 Å². The van der Waals surface area contributed by atoms with Crippen molar-refractivity contribution < 1.29 is 27.5 Å². The molecule has 0 saturated heterocycles. The fraction of sp³-hybridized carbons (Fsp3) is 0.500. The molecule has 2 heterocycles. The van der Waals surface area contributed by atoms with Crippen LogP contribution in [0.4, 0.5) is 10.6 Å². The second-order valence-electron chi connectivity index (χ2n) is 14.2. The molecular weight excluding hydrogens is 616 g/mol. The molecule has 1 amide bonds. The minimum atomic E-state index is -4.05. The van der Waals surface area contributed by atoms with Gasteiger partial charge in [0.1, 0.15) is 23.6 Å². The lowest BCUT2D eigenvalue weighted by molar-refractivity contribution is -0.153. The number of hydrogen-bond donors (Lipinski definition) is 0. The predicted octanol–water partition coefficient (Wildman–Crippen LogP) is 7.17. The van der Waals surface area contributed by atoms with Gasteiger partial charge in [-0.25, -0.2) is 23.2 Å². The van der Waals surface area contributed by atoms with Gasteiger partial charge in [0.05, 0.1) is 12.2 Å². The Balaban J connectivity index is 1.64. The molecule has 0 aliphatic heterocycles. The monoisotopic (exact) mass is 664 g/mol. The van der Waals surface area contributed by atoms with Gasteiger partial charge in [-0.1, -0.05) is 56.2 Å². The first-order chi connectivity index (χ1) is 22.0. The number of amides is 1. The molecule has 1 aromatic carbocycles. The Hall–Kier alpha value is -3.83. The lowest BCUT2D eigenvalue weighted by Crippen LogP contribution is -2.42. The Bertz CT molecular complexity index is 1630. The molecule has 0 atom stereocenters. The van der Waals surface area contributed by atoms with E-state index >= 15 is 0 Å². The Kier molecular flexibility index (Phi) is 11.1. The van der Waals surface area contributed by atoms with Crippen molar-refractivity contribution in [3.8, 4) is 0 Å². The SMILES string of the molecule is CCCCC1(c2ccc(CN(Cc3cccc(N(CC(=O)OC(C)(C)C)C(=O)OC(C)(C)C)n3)S(=O)(=O)c3ccccn3)cc2)CC1. The Morgan fingerprint density at radius 1 is 0.872 bits per heavy atom. The molecule has 0 N–H and O–H groups in total. The molecule has 1 fully saturated rings. The number of unbranched alkanes of at least 4 members (excludes halogenated alkanes) is 1. The van der Waals surface area contributed by atoms with Crippen molar-refractivity contribution in [2.75, 3.05) is 11.4 Å². The second-order valence-corrected chi connectivity index (χ2v) is 16.0. The molecule has 10 nitrogen and oxygen atoms in total. The molecular formula is C36H48N4O6S. The van der Waals surface area contributed by atoms with Gasteiger partial charge in [-0.2, -0.15) is 4.31 Å². The summed E-state index contributed by atoms with van der Waals surface area (Å²) in [6, 6.07) is 17.9. The average molecular weight is 665 g/mol. The Morgan fingerprint density at radius 2 is 1.55 bits per heavy atom. The summed E-state index contributed by atoms with van der Waals surface area (Å²) in [5.41, 5.74) is 1.15. The predicted molar refractivity (Wildman–Crippen MR) is 181 cm³/mol.